The zero-order chi connectivity index (χ0) is 16.8. The number of hydrogen-bond acceptors (Lipinski definition) is 4. The summed E-state index contributed by atoms with van der Waals surface area (Å²) < 4.78 is 6.87. The predicted molar refractivity (Wildman–Crippen MR) is 90.2 cm³/mol. The summed E-state index contributed by atoms with van der Waals surface area (Å²) in [5.74, 6) is 0.737. The van der Waals surface area contributed by atoms with Crippen molar-refractivity contribution in [2.24, 2.45) is 0 Å². The third-order valence-corrected chi connectivity index (χ3v) is 3.45. The van der Waals surface area contributed by atoms with E-state index in [-0.39, 0.29) is 6.03 Å². The van der Waals surface area contributed by atoms with Crippen molar-refractivity contribution in [1.29, 1.82) is 0 Å². The van der Waals surface area contributed by atoms with Crippen LogP contribution in [0.25, 0.3) is 5.69 Å². The van der Waals surface area contributed by atoms with Crippen LogP contribution in [0.2, 0.25) is 0 Å². The van der Waals surface area contributed by atoms with Gasteiger partial charge in [-0.2, -0.15) is 5.10 Å². The lowest BCUT2D eigenvalue weighted by Gasteiger charge is -2.12. The first-order valence-corrected chi connectivity index (χ1v) is 7.38. The van der Waals surface area contributed by atoms with Gasteiger partial charge in [0.15, 0.2) is 0 Å². The molecule has 2 N–H and O–H groups in total. The first-order valence-electron chi connectivity index (χ1n) is 7.38. The van der Waals surface area contributed by atoms with Crippen LogP contribution in [0, 0.1) is 0 Å². The lowest BCUT2D eigenvalue weighted by Crippen LogP contribution is -2.28. The lowest BCUT2D eigenvalue weighted by atomic mass is 10.2. The van der Waals surface area contributed by atoms with Gasteiger partial charge in [0.2, 0.25) is 0 Å². The molecule has 0 unspecified atom stereocenters. The molecule has 2 aromatic carbocycles. The molecule has 2 amide bonds. The Labute approximate surface area is 139 Å². The Hall–Kier alpha value is -3.35. The van der Waals surface area contributed by atoms with Crippen LogP contribution in [0.1, 0.15) is 5.56 Å². The standard InChI is InChI=1S/C17H17N5O2/c1-24-16-9-5-2-6-13(16)10-19-17(23)21-14-7-3-4-8-15(14)22-12-18-11-20-22/h2-9,11-12H,10H2,1H3,(H2,19,21,23). The summed E-state index contributed by atoms with van der Waals surface area (Å²) in [6.45, 7) is 0.362. The van der Waals surface area contributed by atoms with E-state index in [9.17, 15) is 4.79 Å². The van der Waals surface area contributed by atoms with Gasteiger partial charge in [0.1, 0.15) is 18.4 Å². The number of nitrogens with one attached hydrogen (secondary N) is 2. The Bertz CT molecular complexity index is 817. The number of aromatic nitrogens is 3. The van der Waals surface area contributed by atoms with E-state index in [1.165, 1.54) is 6.33 Å². The van der Waals surface area contributed by atoms with E-state index in [1.807, 2.05) is 42.5 Å². The van der Waals surface area contributed by atoms with Crippen molar-refractivity contribution in [2.75, 3.05) is 12.4 Å². The Morgan fingerprint density at radius 2 is 1.96 bits per heavy atom. The molecule has 0 fully saturated rings. The summed E-state index contributed by atoms with van der Waals surface area (Å²) in [6, 6.07) is 14.6. The van der Waals surface area contributed by atoms with Gasteiger partial charge in [-0.3, -0.25) is 0 Å². The third-order valence-electron chi connectivity index (χ3n) is 3.45. The van der Waals surface area contributed by atoms with Crippen molar-refractivity contribution < 1.29 is 9.53 Å². The maximum Gasteiger partial charge on any atom is 0.319 e. The number of anilines is 1. The van der Waals surface area contributed by atoms with Crippen molar-refractivity contribution in [3.05, 3.63) is 66.7 Å². The number of para-hydroxylation sites is 3. The van der Waals surface area contributed by atoms with Gasteiger partial charge in [0, 0.05) is 12.1 Å². The summed E-state index contributed by atoms with van der Waals surface area (Å²) in [4.78, 5) is 16.1. The molecule has 0 bridgehead atoms. The van der Waals surface area contributed by atoms with Crippen molar-refractivity contribution in [3.8, 4) is 11.4 Å². The quantitative estimate of drug-likeness (QED) is 0.756. The van der Waals surface area contributed by atoms with Gasteiger partial charge in [0.05, 0.1) is 18.5 Å². The summed E-state index contributed by atoms with van der Waals surface area (Å²) in [5, 5.41) is 9.73. The maximum atomic E-state index is 12.2. The smallest absolute Gasteiger partial charge is 0.319 e. The Morgan fingerprint density at radius 1 is 1.17 bits per heavy atom. The zero-order valence-electron chi connectivity index (χ0n) is 13.1. The zero-order valence-corrected chi connectivity index (χ0v) is 13.1. The largest absolute Gasteiger partial charge is 0.496 e. The summed E-state index contributed by atoms with van der Waals surface area (Å²) in [5.41, 5.74) is 2.28. The van der Waals surface area contributed by atoms with Crippen LogP contribution in [-0.2, 0) is 6.54 Å². The van der Waals surface area contributed by atoms with Gasteiger partial charge in [-0.1, -0.05) is 30.3 Å². The first-order chi connectivity index (χ1) is 11.8. The molecular formula is C17H17N5O2. The molecule has 0 radical (unpaired) electrons. The van der Waals surface area contributed by atoms with Gasteiger partial charge in [-0.15, -0.1) is 0 Å². The number of nitrogens with zero attached hydrogens (tertiary/aromatic N) is 3. The van der Waals surface area contributed by atoms with Crippen LogP contribution in [0.15, 0.2) is 61.2 Å². The van der Waals surface area contributed by atoms with Crippen molar-refractivity contribution in [3.63, 3.8) is 0 Å². The van der Waals surface area contributed by atoms with Gasteiger partial charge in [-0.25, -0.2) is 14.5 Å². The van der Waals surface area contributed by atoms with Crippen LogP contribution in [0.4, 0.5) is 10.5 Å². The molecule has 0 aliphatic heterocycles. The number of ether oxygens (including phenoxy) is 1. The Kier molecular flexibility index (Phi) is 4.71. The highest BCUT2D eigenvalue weighted by molar-refractivity contribution is 5.91. The van der Waals surface area contributed by atoms with Crippen LogP contribution >= 0.6 is 0 Å². The first kappa shape index (κ1) is 15.5. The molecule has 0 aliphatic rings. The molecule has 7 heteroatoms. The van der Waals surface area contributed by atoms with E-state index in [1.54, 1.807) is 24.2 Å². The second-order valence-corrected chi connectivity index (χ2v) is 4.98. The van der Waals surface area contributed by atoms with Crippen molar-refractivity contribution >= 4 is 11.7 Å². The number of benzene rings is 2. The molecule has 0 aliphatic carbocycles. The highest BCUT2D eigenvalue weighted by atomic mass is 16.5. The number of hydrogen-bond donors (Lipinski definition) is 2. The van der Waals surface area contributed by atoms with Gasteiger partial charge >= 0.3 is 6.03 Å². The van der Waals surface area contributed by atoms with Gasteiger partial charge in [-0.05, 0) is 18.2 Å². The van der Waals surface area contributed by atoms with E-state index >= 15 is 0 Å². The molecule has 1 aromatic heterocycles. The minimum absolute atomic E-state index is 0.312. The van der Waals surface area contributed by atoms with Crippen LogP contribution in [-0.4, -0.2) is 27.9 Å². The molecule has 0 spiro atoms. The Balaban J connectivity index is 1.68. The number of carbonyl (C=O) groups is 1. The number of rotatable bonds is 5. The minimum Gasteiger partial charge on any atom is -0.496 e. The minimum atomic E-state index is -0.312. The normalized spacial score (nSPS) is 10.2. The predicted octanol–water partition coefficient (Wildman–Crippen LogP) is 2.60. The maximum absolute atomic E-state index is 12.2. The molecule has 0 atom stereocenters. The Morgan fingerprint density at radius 3 is 2.75 bits per heavy atom. The van der Waals surface area contributed by atoms with Crippen LogP contribution in [0.3, 0.4) is 0 Å². The van der Waals surface area contributed by atoms with E-state index in [0.29, 0.717) is 12.2 Å². The molecule has 0 saturated carbocycles. The fourth-order valence-corrected chi connectivity index (χ4v) is 2.30. The number of amides is 2. The second kappa shape index (κ2) is 7.28. The second-order valence-electron chi connectivity index (χ2n) is 4.98. The lowest BCUT2D eigenvalue weighted by molar-refractivity contribution is 0.251. The third kappa shape index (κ3) is 3.52. The van der Waals surface area contributed by atoms with Crippen molar-refractivity contribution in [1.82, 2.24) is 20.1 Å². The van der Waals surface area contributed by atoms with Crippen LogP contribution < -0.4 is 15.4 Å². The monoisotopic (exact) mass is 323 g/mol. The topological polar surface area (TPSA) is 81.1 Å². The number of methoxy groups -OCH3 is 1. The highest BCUT2D eigenvalue weighted by Gasteiger charge is 2.09. The number of carbonyl (C=O) groups excluding carboxylic acids is 1. The van der Waals surface area contributed by atoms with E-state index in [0.717, 1.165) is 17.0 Å². The summed E-state index contributed by atoms with van der Waals surface area (Å²) >= 11 is 0. The van der Waals surface area contributed by atoms with Gasteiger partial charge < -0.3 is 15.4 Å². The molecule has 3 rings (SSSR count). The van der Waals surface area contributed by atoms with Crippen molar-refractivity contribution in [2.45, 2.75) is 6.54 Å². The molecule has 122 valence electrons. The van der Waals surface area contributed by atoms with E-state index < -0.39 is 0 Å². The molecule has 3 aromatic rings. The fraction of sp³-hybridized carbons (Fsp3) is 0.118. The van der Waals surface area contributed by atoms with Gasteiger partial charge in [0.25, 0.3) is 0 Å². The molecule has 1 heterocycles. The number of urea groups is 1. The summed E-state index contributed by atoms with van der Waals surface area (Å²) in [7, 11) is 1.60. The highest BCUT2D eigenvalue weighted by Crippen LogP contribution is 2.19. The van der Waals surface area contributed by atoms with E-state index in [2.05, 4.69) is 20.7 Å². The summed E-state index contributed by atoms with van der Waals surface area (Å²) in [6.07, 6.45) is 3.02. The van der Waals surface area contributed by atoms with Crippen LogP contribution in [0.5, 0.6) is 5.75 Å². The fourth-order valence-electron chi connectivity index (χ4n) is 2.30. The molecule has 7 nitrogen and oxygen atoms in total. The van der Waals surface area contributed by atoms with E-state index in [4.69, 9.17) is 4.74 Å². The molecule has 24 heavy (non-hydrogen) atoms. The average molecular weight is 323 g/mol. The average Bonchev–Trinajstić information content (AvgIpc) is 3.15. The SMILES string of the molecule is COc1ccccc1CNC(=O)Nc1ccccc1-n1cncn1. The molecule has 0 saturated heterocycles. The molecular weight excluding hydrogens is 306 g/mol.